The summed E-state index contributed by atoms with van der Waals surface area (Å²) in [5, 5.41) is 9.83. The molecule has 1 aromatic heterocycles. The second-order valence-corrected chi connectivity index (χ2v) is 5.95. The first-order valence-electron chi connectivity index (χ1n) is 8.36. The lowest BCUT2D eigenvalue weighted by atomic mass is 10.0. The van der Waals surface area contributed by atoms with Crippen LogP contribution in [0, 0.1) is 0 Å². The smallest absolute Gasteiger partial charge is 0.255 e. The molecule has 0 unspecified atom stereocenters. The van der Waals surface area contributed by atoms with E-state index in [0.717, 1.165) is 28.1 Å². The third-order valence-corrected chi connectivity index (χ3v) is 4.19. The Morgan fingerprint density at radius 2 is 1.50 bits per heavy atom. The number of H-pyrrole nitrogens is 1. The predicted molar refractivity (Wildman–Crippen MR) is 104 cm³/mol. The Hall–Kier alpha value is -3.66. The average Bonchev–Trinajstić information content (AvgIpc) is 3.24. The highest BCUT2D eigenvalue weighted by atomic mass is 16.1. The first-order chi connectivity index (χ1) is 12.8. The monoisotopic (exact) mass is 339 g/mol. The molecule has 4 nitrogen and oxygen atoms in total. The van der Waals surface area contributed by atoms with Gasteiger partial charge in [0.25, 0.3) is 5.91 Å². The van der Waals surface area contributed by atoms with E-state index in [2.05, 4.69) is 27.6 Å². The molecule has 126 valence electrons. The highest BCUT2D eigenvalue weighted by Crippen LogP contribution is 2.22. The second kappa shape index (κ2) is 7.07. The van der Waals surface area contributed by atoms with Gasteiger partial charge >= 0.3 is 0 Å². The number of rotatable bonds is 4. The molecule has 4 aromatic rings. The van der Waals surface area contributed by atoms with Crippen molar-refractivity contribution in [1.82, 2.24) is 10.2 Å². The lowest BCUT2D eigenvalue weighted by molar-refractivity contribution is 0.102. The van der Waals surface area contributed by atoms with Gasteiger partial charge in [-0.05, 0) is 41.5 Å². The number of hydrogen-bond donors (Lipinski definition) is 2. The van der Waals surface area contributed by atoms with Crippen molar-refractivity contribution in [1.29, 1.82) is 0 Å². The van der Waals surface area contributed by atoms with Crippen LogP contribution in [0.4, 0.5) is 5.69 Å². The van der Waals surface area contributed by atoms with Crippen LogP contribution in [0.15, 0.2) is 91.1 Å². The third kappa shape index (κ3) is 3.39. The molecule has 2 N–H and O–H groups in total. The van der Waals surface area contributed by atoms with Crippen molar-refractivity contribution in [2.45, 2.75) is 0 Å². The predicted octanol–water partition coefficient (Wildman–Crippen LogP) is 5.00. The van der Waals surface area contributed by atoms with E-state index in [-0.39, 0.29) is 5.91 Å². The van der Waals surface area contributed by atoms with Gasteiger partial charge < -0.3 is 5.32 Å². The van der Waals surface area contributed by atoms with Crippen molar-refractivity contribution in [2.75, 3.05) is 5.32 Å². The van der Waals surface area contributed by atoms with Crippen LogP contribution in [0.5, 0.6) is 0 Å². The zero-order valence-electron chi connectivity index (χ0n) is 14.0. The van der Waals surface area contributed by atoms with Crippen molar-refractivity contribution in [3.63, 3.8) is 0 Å². The van der Waals surface area contributed by atoms with Crippen LogP contribution >= 0.6 is 0 Å². The molecule has 0 atom stereocenters. The summed E-state index contributed by atoms with van der Waals surface area (Å²) >= 11 is 0. The SMILES string of the molecule is O=C(Nc1cccc(-c2ccn[nH]2)c1)c1ccc(-c2ccccc2)cc1. The van der Waals surface area contributed by atoms with E-state index >= 15 is 0 Å². The van der Waals surface area contributed by atoms with Gasteiger partial charge in [-0.15, -0.1) is 0 Å². The van der Waals surface area contributed by atoms with Crippen LogP contribution in [0.3, 0.4) is 0 Å². The fraction of sp³-hybridized carbons (Fsp3) is 0. The number of nitrogens with one attached hydrogen (secondary N) is 2. The van der Waals surface area contributed by atoms with Gasteiger partial charge in [0.2, 0.25) is 0 Å². The summed E-state index contributed by atoms with van der Waals surface area (Å²) in [5.74, 6) is -0.133. The molecule has 26 heavy (non-hydrogen) atoms. The van der Waals surface area contributed by atoms with Crippen LogP contribution in [0.25, 0.3) is 22.4 Å². The largest absolute Gasteiger partial charge is 0.322 e. The van der Waals surface area contributed by atoms with E-state index < -0.39 is 0 Å². The lowest BCUT2D eigenvalue weighted by Gasteiger charge is -2.08. The Bertz CT molecular complexity index is 1010. The number of aromatic amines is 1. The summed E-state index contributed by atoms with van der Waals surface area (Å²) in [6.45, 7) is 0. The number of hydrogen-bond acceptors (Lipinski definition) is 2. The summed E-state index contributed by atoms with van der Waals surface area (Å²) in [7, 11) is 0. The van der Waals surface area contributed by atoms with Crippen molar-refractivity contribution in [3.05, 3.63) is 96.7 Å². The van der Waals surface area contributed by atoms with Gasteiger partial charge in [0, 0.05) is 23.0 Å². The van der Waals surface area contributed by atoms with Gasteiger partial charge in [0.05, 0.1) is 5.69 Å². The molecular formula is C22H17N3O. The maximum absolute atomic E-state index is 12.5. The number of nitrogens with zero attached hydrogens (tertiary/aromatic N) is 1. The number of aromatic nitrogens is 2. The summed E-state index contributed by atoms with van der Waals surface area (Å²) in [4.78, 5) is 12.5. The van der Waals surface area contributed by atoms with Crippen LogP contribution in [-0.2, 0) is 0 Å². The molecular weight excluding hydrogens is 322 g/mol. The Morgan fingerprint density at radius 1 is 0.769 bits per heavy atom. The minimum absolute atomic E-state index is 0.133. The maximum Gasteiger partial charge on any atom is 0.255 e. The average molecular weight is 339 g/mol. The normalized spacial score (nSPS) is 10.5. The highest BCUT2D eigenvalue weighted by Gasteiger charge is 2.08. The van der Waals surface area contributed by atoms with E-state index in [1.54, 1.807) is 6.20 Å². The van der Waals surface area contributed by atoms with Crippen LogP contribution in [0.1, 0.15) is 10.4 Å². The van der Waals surface area contributed by atoms with Crippen molar-refractivity contribution < 1.29 is 4.79 Å². The summed E-state index contributed by atoms with van der Waals surface area (Å²) in [6.07, 6.45) is 1.70. The van der Waals surface area contributed by atoms with Gasteiger partial charge in [-0.2, -0.15) is 5.10 Å². The maximum atomic E-state index is 12.5. The molecule has 0 aliphatic carbocycles. The Balaban J connectivity index is 1.51. The number of carbonyl (C=O) groups excluding carboxylic acids is 1. The standard InChI is InChI=1S/C22H17N3O/c26-22(18-11-9-17(10-12-18)16-5-2-1-3-6-16)24-20-8-4-7-19(15-20)21-13-14-23-25-21/h1-15H,(H,23,25)(H,24,26). The first kappa shape index (κ1) is 15.8. The van der Waals surface area contributed by atoms with E-state index in [9.17, 15) is 4.79 Å². The number of carbonyl (C=O) groups is 1. The molecule has 0 fully saturated rings. The second-order valence-electron chi connectivity index (χ2n) is 5.95. The molecule has 1 heterocycles. The Kier molecular flexibility index (Phi) is 4.31. The Morgan fingerprint density at radius 3 is 2.23 bits per heavy atom. The molecule has 0 bridgehead atoms. The van der Waals surface area contributed by atoms with Gasteiger partial charge in [-0.3, -0.25) is 9.89 Å². The molecule has 0 saturated heterocycles. The highest BCUT2D eigenvalue weighted by molar-refractivity contribution is 6.04. The first-order valence-corrected chi connectivity index (χ1v) is 8.36. The van der Waals surface area contributed by atoms with Gasteiger partial charge in [-0.1, -0.05) is 54.6 Å². The van der Waals surface area contributed by atoms with E-state index in [1.807, 2.05) is 72.8 Å². The minimum Gasteiger partial charge on any atom is -0.322 e. The van der Waals surface area contributed by atoms with Crippen molar-refractivity contribution in [2.24, 2.45) is 0 Å². The molecule has 4 rings (SSSR count). The molecule has 0 saturated carbocycles. The molecule has 0 spiro atoms. The number of amides is 1. The molecule has 3 aromatic carbocycles. The van der Waals surface area contributed by atoms with Crippen molar-refractivity contribution in [3.8, 4) is 22.4 Å². The summed E-state index contributed by atoms with van der Waals surface area (Å²) in [6, 6.07) is 27.3. The zero-order valence-corrected chi connectivity index (χ0v) is 14.0. The summed E-state index contributed by atoms with van der Waals surface area (Å²) in [5.41, 5.74) is 5.47. The fourth-order valence-electron chi connectivity index (χ4n) is 2.83. The third-order valence-electron chi connectivity index (χ3n) is 4.19. The van der Waals surface area contributed by atoms with E-state index in [4.69, 9.17) is 0 Å². The van der Waals surface area contributed by atoms with Gasteiger partial charge in [-0.25, -0.2) is 0 Å². The summed E-state index contributed by atoms with van der Waals surface area (Å²) < 4.78 is 0. The Labute approximate surface area is 151 Å². The van der Waals surface area contributed by atoms with Crippen molar-refractivity contribution >= 4 is 11.6 Å². The molecule has 0 aliphatic heterocycles. The van der Waals surface area contributed by atoms with Gasteiger partial charge in [0.1, 0.15) is 0 Å². The van der Waals surface area contributed by atoms with Crippen LogP contribution in [-0.4, -0.2) is 16.1 Å². The van der Waals surface area contributed by atoms with Crippen LogP contribution in [0.2, 0.25) is 0 Å². The quantitative estimate of drug-likeness (QED) is 0.550. The molecule has 1 amide bonds. The molecule has 0 radical (unpaired) electrons. The van der Waals surface area contributed by atoms with Crippen LogP contribution < -0.4 is 5.32 Å². The van der Waals surface area contributed by atoms with E-state index in [1.165, 1.54) is 0 Å². The topological polar surface area (TPSA) is 57.8 Å². The van der Waals surface area contributed by atoms with E-state index in [0.29, 0.717) is 5.56 Å². The lowest BCUT2D eigenvalue weighted by Crippen LogP contribution is -2.11. The zero-order chi connectivity index (χ0) is 17.8. The van der Waals surface area contributed by atoms with Gasteiger partial charge in [0.15, 0.2) is 0 Å². The molecule has 0 aliphatic rings. The number of benzene rings is 3. The fourth-order valence-corrected chi connectivity index (χ4v) is 2.83. The number of anilines is 1. The molecule has 4 heteroatoms. The minimum atomic E-state index is -0.133.